The lowest BCUT2D eigenvalue weighted by Crippen LogP contribution is -2.46. The molecule has 1 atom stereocenters. The van der Waals surface area contributed by atoms with Crippen LogP contribution in [-0.2, 0) is 6.54 Å². The maximum atomic E-state index is 15.7. The molecule has 3 aliphatic heterocycles. The fourth-order valence-electron chi connectivity index (χ4n) is 5.95. The molecule has 2 fully saturated rings. The average Bonchev–Trinajstić information content (AvgIpc) is 3.36. The van der Waals surface area contributed by atoms with Gasteiger partial charge in [0.2, 0.25) is 0 Å². The van der Waals surface area contributed by atoms with Crippen LogP contribution < -0.4 is 20.4 Å². The summed E-state index contributed by atoms with van der Waals surface area (Å²) in [6, 6.07) is 5.30. The van der Waals surface area contributed by atoms with Gasteiger partial charge < -0.3 is 20.4 Å². The van der Waals surface area contributed by atoms with E-state index in [4.69, 9.17) is 0 Å². The highest BCUT2D eigenvalue weighted by molar-refractivity contribution is 6.17. The number of carbonyl (C=O) groups excluding carboxylic acids is 2. The van der Waals surface area contributed by atoms with Crippen molar-refractivity contribution in [3.05, 3.63) is 47.3 Å². The van der Waals surface area contributed by atoms with Crippen LogP contribution in [0.4, 0.5) is 26.4 Å². The quantitative estimate of drug-likeness (QED) is 0.485. The van der Waals surface area contributed by atoms with Gasteiger partial charge in [-0.1, -0.05) is 0 Å². The van der Waals surface area contributed by atoms with E-state index in [0.717, 1.165) is 57.1 Å². The first-order valence-electron chi connectivity index (χ1n) is 13.8. The fraction of sp³-hybridized carbons (Fsp3) is 0.464. The molecule has 12 heteroatoms. The molecule has 5 heterocycles. The molecule has 2 N–H and O–H groups in total. The fourth-order valence-corrected chi connectivity index (χ4v) is 5.95. The van der Waals surface area contributed by atoms with Gasteiger partial charge >= 0.3 is 6.03 Å². The van der Waals surface area contributed by atoms with Crippen LogP contribution in [0.5, 0.6) is 0 Å². The Morgan fingerprint density at radius 2 is 1.98 bits per heavy atom. The minimum absolute atomic E-state index is 0.132. The van der Waals surface area contributed by atoms with Gasteiger partial charge in [0.15, 0.2) is 5.82 Å². The number of pyridine rings is 1. The smallest absolute Gasteiger partial charge is 0.327 e. The van der Waals surface area contributed by atoms with Crippen molar-refractivity contribution in [2.75, 3.05) is 68.0 Å². The maximum absolute atomic E-state index is 15.7. The summed E-state index contributed by atoms with van der Waals surface area (Å²) < 4.78 is 15.7. The van der Waals surface area contributed by atoms with Crippen molar-refractivity contribution >= 4 is 40.0 Å². The summed E-state index contributed by atoms with van der Waals surface area (Å²) in [5, 5.41) is 6.33. The molecule has 0 bridgehead atoms. The van der Waals surface area contributed by atoms with Crippen molar-refractivity contribution in [1.29, 1.82) is 0 Å². The summed E-state index contributed by atoms with van der Waals surface area (Å²) in [5.41, 5.74) is 3.52. The zero-order valence-corrected chi connectivity index (χ0v) is 23.1. The largest absolute Gasteiger partial charge is 0.368 e. The van der Waals surface area contributed by atoms with Gasteiger partial charge in [-0.05, 0) is 52.1 Å². The topological polar surface area (TPSA) is 110 Å². The number of carbonyl (C=O) groups is 2. The Morgan fingerprint density at radius 3 is 2.67 bits per heavy atom. The normalized spacial score (nSPS) is 19.8. The molecule has 0 unspecified atom stereocenters. The van der Waals surface area contributed by atoms with Crippen molar-refractivity contribution in [2.24, 2.45) is 0 Å². The number of benzene rings is 1. The lowest BCUT2D eigenvalue weighted by Gasteiger charge is -2.37. The predicted molar refractivity (Wildman–Crippen MR) is 151 cm³/mol. The van der Waals surface area contributed by atoms with E-state index >= 15 is 4.39 Å². The van der Waals surface area contributed by atoms with E-state index < -0.39 is 11.8 Å². The summed E-state index contributed by atoms with van der Waals surface area (Å²) in [5.74, 6) is -0.135. The molecule has 210 valence electrons. The second-order valence-electron chi connectivity index (χ2n) is 10.8. The van der Waals surface area contributed by atoms with Crippen LogP contribution in [0.2, 0.25) is 0 Å². The van der Waals surface area contributed by atoms with Gasteiger partial charge in [0.25, 0.3) is 5.91 Å². The zero-order valence-electron chi connectivity index (χ0n) is 23.1. The number of halogens is 1. The molecule has 2 saturated heterocycles. The Morgan fingerprint density at radius 1 is 1.18 bits per heavy atom. The number of anilines is 3. The van der Waals surface area contributed by atoms with Gasteiger partial charge in [-0.2, -0.15) is 0 Å². The molecule has 11 nitrogen and oxygen atoms in total. The number of aryl methyl sites for hydroxylation is 1. The second kappa shape index (κ2) is 10.6. The SMILES string of the molecule is CCN1C(=O)Nc2c(F)c(CN3CCN(c4ccc(C(=O)N[C@@H]5CCN(C)C5)nc4C)CC3)cc3ncnc1c23. The zero-order chi connectivity index (χ0) is 28.0. The molecule has 0 saturated carbocycles. The lowest BCUT2D eigenvalue weighted by molar-refractivity contribution is 0.0933. The minimum atomic E-state index is -0.437. The number of urea groups is 1. The summed E-state index contributed by atoms with van der Waals surface area (Å²) in [6.45, 7) is 9.42. The number of likely N-dealkylation sites (tertiary alicyclic amines) is 1. The second-order valence-corrected chi connectivity index (χ2v) is 10.8. The Hall–Kier alpha value is -3.90. The molecule has 0 spiro atoms. The molecular weight excluding hydrogens is 513 g/mol. The van der Waals surface area contributed by atoms with E-state index in [0.29, 0.717) is 41.1 Å². The summed E-state index contributed by atoms with van der Waals surface area (Å²) in [7, 11) is 2.06. The van der Waals surface area contributed by atoms with E-state index in [1.54, 1.807) is 12.1 Å². The third-order valence-electron chi connectivity index (χ3n) is 8.09. The first-order chi connectivity index (χ1) is 19.3. The van der Waals surface area contributed by atoms with Crippen molar-refractivity contribution in [1.82, 2.24) is 30.1 Å². The molecule has 0 aliphatic carbocycles. The van der Waals surface area contributed by atoms with Gasteiger partial charge in [-0.25, -0.2) is 24.1 Å². The third kappa shape index (κ3) is 4.81. The highest BCUT2D eigenvalue weighted by atomic mass is 19.1. The van der Waals surface area contributed by atoms with E-state index in [2.05, 4.69) is 47.3 Å². The number of piperazine rings is 1. The van der Waals surface area contributed by atoms with Crippen LogP contribution in [0.25, 0.3) is 10.9 Å². The summed E-state index contributed by atoms with van der Waals surface area (Å²) in [6.07, 6.45) is 2.37. The Labute approximate surface area is 232 Å². The van der Waals surface area contributed by atoms with Crippen LogP contribution in [0.3, 0.4) is 0 Å². The molecule has 40 heavy (non-hydrogen) atoms. The van der Waals surface area contributed by atoms with Gasteiger partial charge in [-0.15, -0.1) is 0 Å². The van der Waals surface area contributed by atoms with Gasteiger partial charge in [-0.3, -0.25) is 14.6 Å². The summed E-state index contributed by atoms with van der Waals surface area (Å²) in [4.78, 5) is 46.7. The number of rotatable bonds is 6. The first kappa shape index (κ1) is 26.3. The van der Waals surface area contributed by atoms with E-state index in [-0.39, 0.29) is 17.6 Å². The number of nitrogens with zero attached hydrogens (tertiary/aromatic N) is 7. The van der Waals surface area contributed by atoms with Crippen LogP contribution in [0, 0.1) is 12.7 Å². The van der Waals surface area contributed by atoms with Crippen LogP contribution in [0.15, 0.2) is 24.5 Å². The number of hydrogen-bond donors (Lipinski definition) is 2. The van der Waals surface area contributed by atoms with E-state index in [1.807, 2.05) is 19.9 Å². The van der Waals surface area contributed by atoms with Crippen molar-refractivity contribution in [2.45, 2.75) is 32.9 Å². The summed E-state index contributed by atoms with van der Waals surface area (Å²) >= 11 is 0. The minimum Gasteiger partial charge on any atom is -0.368 e. The van der Waals surface area contributed by atoms with Crippen molar-refractivity contribution in [3.63, 3.8) is 0 Å². The number of aromatic nitrogens is 3. The predicted octanol–water partition coefficient (Wildman–Crippen LogP) is 2.60. The highest BCUT2D eigenvalue weighted by Gasteiger charge is 2.30. The molecule has 2 aromatic heterocycles. The van der Waals surface area contributed by atoms with E-state index in [1.165, 1.54) is 11.2 Å². The van der Waals surface area contributed by atoms with Gasteiger partial charge in [0, 0.05) is 57.4 Å². The average molecular weight is 548 g/mol. The third-order valence-corrected chi connectivity index (χ3v) is 8.09. The standard InChI is InChI=1S/C28H34FN9O2/c1-4-38-26-23-21(30-16-31-26)13-18(24(29)25(23)34-28(38)40)14-36-9-11-37(12-10-36)22-6-5-20(32-17(22)2)27(39)33-19-7-8-35(3)15-19/h5-6,13,16,19H,4,7-12,14-15H2,1-3H3,(H,33,39)(H,34,40)/t19-/m1/s1. The number of nitrogens with one attached hydrogen (secondary N) is 2. The number of likely N-dealkylation sites (N-methyl/N-ethyl adjacent to an activating group) is 1. The van der Waals surface area contributed by atoms with Crippen LogP contribution in [0.1, 0.15) is 35.1 Å². The Kier molecular flexibility index (Phi) is 6.97. The Bertz CT molecular complexity index is 1470. The van der Waals surface area contributed by atoms with Crippen molar-refractivity contribution in [3.8, 4) is 0 Å². The monoisotopic (exact) mass is 547 g/mol. The molecule has 6 rings (SSSR count). The Balaban J connectivity index is 1.12. The van der Waals surface area contributed by atoms with Gasteiger partial charge in [0.1, 0.15) is 17.8 Å². The van der Waals surface area contributed by atoms with Crippen LogP contribution >= 0.6 is 0 Å². The molecule has 3 amide bonds. The first-order valence-corrected chi connectivity index (χ1v) is 13.8. The molecule has 0 radical (unpaired) electrons. The lowest BCUT2D eigenvalue weighted by atomic mass is 10.1. The van der Waals surface area contributed by atoms with Crippen molar-refractivity contribution < 1.29 is 14.0 Å². The molecule has 3 aliphatic rings. The van der Waals surface area contributed by atoms with Crippen LogP contribution in [-0.4, -0.2) is 95.6 Å². The molecule has 3 aromatic rings. The highest BCUT2D eigenvalue weighted by Crippen LogP contribution is 2.38. The number of amides is 3. The van der Waals surface area contributed by atoms with Gasteiger partial charge in [0.05, 0.1) is 28.0 Å². The molecular formula is C28H34FN9O2. The molecule has 1 aromatic carbocycles. The maximum Gasteiger partial charge on any atom is 0.327 e. The number of hydrogen-bond acceptors (Lipinski definition) is 8. The van der Waals surface area contributed by atoms with E-state index in [9.17, 15) is 9.59 Å².